The first-order chi connectivity index (χ1) is 9.01. The molecular formula is C14H18FNO3. The van der Waals surface area contributed by atoms with Crippen molar-refractivity contribution in [1.29, 1.82) is 0 Å². The number of halogens is 1. The summed E-state index contributed by atoms with van der Waals surface area (Å²) in [5, 5.41) is 8.75. The van der Waals surface area contributed by atoms with Crippen molar-refractivity contribution in [3.05, 3.63) is 35.1 Å². The molecule has 0 aliphatic heterocycles. The summed E-state index contributed by atoms with van der Waals surface area (Å²) in [6.45, 7) is 5.01. The van der Waals surface area contributed by atoms with Crippen LogP contribution in [-0.2, 0) is 0 Å². The molecule has 0 unspecified atom stereocenters. The van der Waals surface area contributed by atoms with Gasteiger partial charge in [0.25, 0.3) is 5.91 Å². The first kappa shape index (κ1) is 15.1. The third-order valence-corrected chi connectivity index (χ3v) is 2.72. The number of carboxylic acid groups (broad SMARTS) is 1. The highest BCUT2D eigenvalue weighted by Gasteiger charge is 2.19. The van der Waals surface area contributed by atoms with Gasteiger partial charge < -0.3 is 10.0 Å². The third kappa shape index (κ3) is 3.77. The Kier molecular flexibility index (Phi) is 5.48. The molecule has 0 heterocycles. The van der Waals surface area contributed by atoms with E-state index in [9.17, 15) is 14.0 Å². The van der Waals surface area contributed by atoms with Crippen molar-refractivity contribution in [2.24, 2.45) is 0 Å². The SMILES string of the molecule is CCCN(CCC)C(=O)c1ccc(C(=O)O)cc1F. The van der Waals surface area contributed by atoms with E-state index in [2.05, 4.69) is 0 Å². The third-order valence-electron chi connectivity index (χ3n) is 2.72. The predicted molar refractivity (Wildman–Crippen MR) is 69.8 cm³/mol. The number of carbonyl (C=O) groups excluding carboxylic acids is 1. The minimum Gasteiger partial charge on any atom is -0.478 e. The van der Waals surface area contributed by atoms with Crippen LogP contribution in [-0.4, -0.2) is 35.0 Å². The molecule has 0 aromatic heterocycles. The highest BCUT2D eigenvalue weighted by atomic mass is 19.1. The predicted octanol–water partition coefficient (Wildman–Crippen LogP) is 2.79. The van der Waals surface area contributed by atoms with Gasteiger partial charge >= 0.3 is 5.97 Å². The van der Waals surface area contributed by atoms with E-state index >= 15 is 0 Å². The molecule has 0 bridgehead atoms. The van der Waals surface area contributed by atoms with E-state index in [1.165, 1.54) is 12.1 Å². The number of carbonyl (C=O) groups is 2. The van der Waals surface area contributed by atoms with Crippen molar-refractivity contribution in [1.82, 2.24) is 4.90 Å². The van der Waals surface area contributed by atoms with Crippen LogP contribution in [0.3, 0.4) is 0 Å². The lowest BCUT2D eigenvalue weighted by Gasteiger charge is -2.21. The molecule has 104 valence electrons. The van der Waals surface area contributed by atoms with Crippen molar-refractivity contribution in [3.8, 4) is 0 Å². The first-order valence-corrected chi connectivity index (χ1v) is 6.33. The highest BCUT2D eigenvalue weighted by molar-refractivity contribution is 5.96. The van der Waals surface area contributed by atoms with Crippen molar-refractivity contribution in [2.45, 2.75) is 26.7 Å². The Balaban J connectivity index is 3.01. The standard InChI is InChI=1S/C14H18FNO3/c1-3-7-16(8-4-2)13(17)11-6-5-10(14(18)19)9-12(11)15/h5-6,9H,3-4,7-8H2,1-2H3,(H,18,19). The van der Waals surface area contributed by atoms with Gasteiger partial charge in [0.15, 0.2) is 0 Å². The van der Waals surface area contributed by atoms with Gasteiger partial charge in [0.1, 0.15) is 5.82 Å². The zero-order chi connectivity index (χ0) is 14.4. The van der Waals surface area contributed by atoms with Gasteiger partial charge in [-0.1, -0.05) is 13.8 Å². The zero-order valence-corrected chi connectivity index (χ0v) is 11.1. The monoisotopic (exact) mass is 267 g/mol. The quantitative estimate of drug-likeness (QED) is 0.862. The summed E-state index contributed by atoms with van der Waals surface area (Å²) in [4.78, 5) is 24.5. The number of amides is 1. The number of hydrogen-bond donors (Lipinski definition) is 1. The van der Waals surface area contributed by atoms with E-state index in [1.807, 2.05) is 13.8 Å². The van der Waals surface area contributed by atoms with Gasteiger partial charge in [-0.25, -0.2) is 9.18 Å². The van der Waals surface area contributed by atoms with Gasteiger partial charge in [-0.05, 0) is 31.0 Å². The maximum absolute atomic E-state index is 13.8. The molecule has 1 amide bonds. The average Bonchev–Trinajstić information content (AvgIpc) is 2.37. The molecule has 0 saturated carbocycles. The molecule has 1 rings (SSSR count). The van der Waals surface area contributed by atoms with Crippen LogP contribution in [0.15, 0.2) is 18.2 Å². The van der Waals surface area contributed by atoms with E-state index in [0.717, 1.165) is 18.9 Å². The summed E-state index contributed by atoms with van der Waals surface area (Å²) in [6.07, 6.45) is 1.58. The van der Waals surface area contributed by atoms with E-state index in [4.69, 9.17) is 5.11 Å². The van der Waals surface area contributed by atoms with Crippen LogP contribution < -0.4 is 0 Å². The summed E-state index contributed by atoms with van der Waals surface area (Å²) in [6, 6.07) is 3.36. The molecule has 0 radical (unpaired) electrons. The highest BCUT2D eigenvalue weighted by Crippen LogP contribution is 2.14. The number of rotatable bonds is 6. The number of carboxylic acids is 1. The molecule has 1 aromatic rings. The molecule has 0 fully saturated rings. The van der Waals surface area contributed by atoms with E-state index in [1.54, 1.807) is 4.90 Å². The molecular weight excluding hydrogens is 249 g/mol. The summed E-state index contributed by atoms with van der Waals surface area (Å²) in [7, 11) is 0. The minimum atomic E-state index is -1.21. The van der Waals surface area contributed by atoms with Crippen LogP contribution in [0.1, 0.15) is 47.4 Å². The smallest absolute Gasteiger partial charge is 0.335 e. The second-order valence-electron chi connectivity index (χ2n) is 4.29. The second-order valence-corrected chi connectivity index (χ2v) is 4.29. The maximum atomic E-state index is 13.8. The van der Waals surface area contributed by atoms with Crippen LogP contribution >= 0.6 is 0 Å². The Hall–Kier alpha value is -1.91. The van der Waals surface area contributed by atoms with Crippen molar-refractivity contribution in [3.63, 3.8) is 0 Å². The largest absolute Gasteiger partial charge is 0.478 e. The Labute approximate surface area is 111 Å². The fourth-order valence-electron chi connectivity index (χ4n) is 1.85. The first-order valence-electron chi connectivity index (χ1n) is 6.33. The summed E-state index contributed by atoms with van der Waals surface area (Å²) >= 11 is 0. The van der Waals surface area contributed by atoms with Crippen molar-refractivity contribution >= 4 is 11.9 Å². The molecule has 5 heteroatoms. The molecule has 1 aromatic carbocycles. The van der Waals surface area contributed by atoms with Crippen molar-refractivity contribution in [2.75, 3.05) is 13.1 Å². The van der Waals surface area contributed by atoms with E-state index in [-0.39, 0.29) is 11.1 Å². The molecule has 0 saturated heterocycles. The van der Waals surface area contributed by atoms with Crippen LogP contribution in [0.4, 0.5) is 4.39 Å². The molecule has 0 spiro atoms. The van der Waals surface area contributed by atoms with Gasteiger partial charge in [-0.15, -0.1) is 0 Å². The number of aromatic carboxylic acids is 1. The Morgan fingerprint density at radius 1 is 1.21 bits per heavy atom. The van der Waals surface area contributed by atoms with Gasteiger partial charge in [0, 0.05) is 13.1 Å². The lowest BCUT2D eigenvalue weighted by Crippen LogP contribution is -2.33. The average molecular weight is 267 g/mol. The van der Waals surface area contributed by atoms with E-state index < -0.39 is 17.7 Å². The summed E-state index contributed by atoms with van der Waals surface area (Å²) < 4.78 is 13.8. The topological polar surface area (TPSA) is 57.6 Å². The minimum absolute atomic E-state index is 0.0769. The zero-order valence-electron chi connectivity index (χ0n) is 11.1. The van der Waals surface area contributed by atoms with E-state index in [0.29, 0.717) is 13.1 Å². The van der Waals surface area contributed by atoms with Gasteiger partial charge in [0.05, 0.1) is 11.1 Å². The molecule has 19 heavy (non-hydrogen) atoms. The lowest BCUT2D eigenvalue weighted by atomic mass is 10.1. The summed E-state index contributed by atoms with van der Waals surface area (Å²) in [5.74, 6) is -2.39. The lowest BCUT2D eigenvalue weighted by molar-refractivity contribution is 0.0692. The van der Waals surface area contributed by atoms with Crippen LogP contribution in [0.5, 0.6) is 0 Å². The Morgan fingerprint density at radius 2 is 1.79 bits per heavy atom. The van der Waals surface area contributed by atoms with Gasteiger partial charge in [-0.2, -0.15) is 0 Å². The number of hydrogen-bond acceptors (Lipinski definition) is 2. The Bertz CT molecular complexity index is 468. The molecule has 0 aliphatic rings. The van der Waals surface area contributed by atoms with Crippen LogP contribution in [0.25, 0.3) is 0 Å². The maximum Gasteiger partial charge on any atom is 0.335 e. The van der Waals surface area contributed by atoms with Crippen molar-refractivity contribution < 1.29 is 19.1 Å². The molecule has 1 N–H and O–H groups in total. The normalized spacial score (nSPS) is 10.3. The van der Waals surface area contributed by atoms with Gasteiger partial charge in [0.2, 0.25) is 0 Å². The second kappa shape index (κ2) is 6.87. The van der Waals surface area contributed by atoms with Crippen LogP contribution in [0.2, 0.25) is 0 Å². The molecule has 4 nitrogen and oxygen atoms in total. The van der Waals surface area contributed by atoms with Crippen LogP contribution in [0, 0.1) is 5.82 Å². The fourth-order valence-corrected chi connectivity index (χ4v) is 1.85. The molecule has 0 atom stereocenters. The fraction of sp³-hybridized carbons (Fsp3) is 0.429. The number of benzene rings is 1. The molecule has 0 aliphatic carbocycles. The number of nitrogens with zero attached hydrogens (tertiary/aromatic N) is 1. The Morgan fingerprint density at radius 3 is 2.21 bits per heavy atom. The summed E-state index contributed by atoms with van der Waals surface area (Å²) in [5.41, 5.74) is -0.238. The van der Waals surface area contributed by atoms with Gasteiger partial charge in [-0.3, -0.25) is 4.79 Å².